The van der Waals surface area contributed by atoms with Crippen molar-refractivity contribution in [3.05, 3.63) is 54.4 Å². The number of ether oxygens (including phenoxy) is 1. The number of pyridine rings is 1. The van der Waals surface area contributed by atoms with Gasteiger partial charge in [0.1, 0.15) is 12.3 Å². The number of hydrogen-bond acceptors (Lipinski definition) is 4. The molecule has 0 aliphatic heterocycles. The van der Waals surface area contributed by atoms with E-state index in [2.05, 4.69) is 10.3 Å². The average molecular weight is 341 g/mol. The molecule has 0 saturated heterocycles. The van der Waals surface area contributed by atoms with Gasteiger partial charge in [0.2, 0.25) is 11.8 Å². The summed E-state index contributed by atoms with van der Waals surface area (Å²) in [5.74, 6) is 0.325. The van der Waals surface area contributed by atoms with Crippen molar-refractivity contribution in [3.63, 3.8) is 0 Å². The summed E-state index contributed by atoms with van der Waals surface area (Å²) in [5.41, 5.74) is 1.53. The highest BCUT2D eigenvalue weighted by atomic mass is 16.5. The van der Waals surface area contributed by atoms with Gasteiger partial charge in [-0.2, -0.15) is 0 Å². The van der Waals surface area contributed by atoms with E-state index in [9.17, 15) is 9.59 Å². The molecule has 0 aliphatic rings. The second-order valence-corrected chi connectivity index (χ2v) is 5.98. The molecule has 1 N–H and O–H groups in total. The van der Waals surface area contributed by atoms with Crippen LogP contribution in [0.1, 0.15) is 26.3 Å². The van der Waals surface area contributed by atoms with E-state index in [0.717, 1.165) is 11.3 Å². The van der Waals surface area contributed by atoms with E-state index in [1.807, 2.05) is 19.9 Å². The van der Waals surface area contributed by atoms with Crippen LogP contribution in [-0.2, 0) is 16.1 Å². The van der Waals surface area contributed by atoms with Crippen molar-refractivity contribution in [2.45, 2.75) is 33.4 Å². The highest BCUT2D eigenvalue weighted by molar-refractivity contribution is 5.94. The van der Waals surface area contributed by atoms with Gasteiger partial charge >= 0.3 is 0 Å². The quantitative estimate of drug-likeness (QED) is 0.840. The third kappa shape index (κ3) is 6.25. The zero-order valence-electron chi connectivity index (χ0n) is 14.7. The summed E-state index contributed by atoms with van der Waals surface area (Å²) >= 11 is 0. The molecule has 0 atom stereocenters. The van der Waals surface area contributed by atoms with Crippen molar-refractivity contribution in [2.24, 2.45) is 0 Å². The molecule has 2 amide bonds. The van der Waals surface area contributed by atoms with Gasteiger partial charge in [0, 0.05) is 31.5 Å². The first-order valence-corrected chi connectivity index (χ1v) is 8.15. The van der Waals surface area contributed by atoms with Crippen LogP contribution >= 0.6 is 0 Å². The molecule has 0 aliphatic carbocycles. The van der Waals surface area contributed by atoms with Crippen LogP contribution in [0.3, 0.4) is 0 Å². The third-order valence-electron chi connectivity index (χ3n) is 3.39. The number of aromatic nitrogens is 1. The molecule has 1 heterocycles. The second-order valence-electron chi connectivity index (χ2n) is 5.98. The largest absolute Gasteiger partial charge is 0.491 e. The van der Waals surface area contributed by atoms with Crippen LogP contribution in [0.25, 0.3) is 0 Å². The fourth-order valence-electron chi connectivity index (χ4n) is 2.25. The van der Waals surface area contributed by atoms with Crippen LogP contribution in [0.2, 0.25) is 0 Å². The van der Waals surface area contributed by atoms with Crippen LogP contribution in [0.15, 0.2) is 48.8 Å². The summed E-state index contributed by atoms with van der Waals surface area (Å²) in [4.78, 5) is 29.5. The van der Waals surface area contributed by atoms with Crippen LogP contribution in [0.5, 0.6) is 5.75 Å². The van der Waals surface area contributed by atoms with E-state index in [1.54, 1.807) is 42.7 Å². The lowest BCUT2D eigenvalue weighted by Gasteiger charge is -2.20. The van der Waals surface area contributed by atoms with E-state index in [1.165, 1.54) is 11.8 Å². The average Bonchev–Trinajstić information content (AvgIpc) is 2.56. The third-order valence-corrected chi connectivity index (χ3v) is 3.39. The molecule has 0 spiro atoms. The van der Waals surface area contributed by atoms with Crippen LogP contribution in [-0.4, -0.2) is 34.3 Å². The van der Waals surface area contributed by atoms with Crippen molar-refractivity contribution in [1.82, 2.24) is 9.88 Å². The second kappa shape index (κ2) is 8.82. The Morgan fingerprint density at radius 1 is 1.20 bits per heavy atom. The van der Waals surface area contributed by atoms with E-state index in [0.29, 0.717) is 12.2 Å². The minimum absolute atomic E-state index is 0.0194. The molecule has 2 rings (SSSR count). The Balaban J connectivity index is 1.93. The first kappa shape index (κ1) is 18.4. The van der Waals surface area contributed by atoms with Gasteiger partial charge in [0.15, 0.2) is 0 Å². The summed E-state index contributed by atoms with van der Waals surface area (Å²) in [5, 5.41) is 2.79. The number of carbonyl (C=O) groups is 2. The Morgan fingerprint density at radius 2 is 1.92 bits per heavy atom. The van der Waals surface area contributed by atoms with Gasteiger partial charge in [-0.05, 0) is 49.7 Å². The van der Waals surface area contributed by atoms with Crippen LogP contribution < -0.4 is 10.1 Å². The maximum atomic E-state index is 12.2. The molecular weight excluding hydrogens is 318 g/mol. The monoisotopic (exact) mass is 341 g/mol. The fourth-order valence-corrected chi connectivity index (χ4v) is 2.25. The SMILES string of the molecule is CC(=O)N(CC(=O)Nc1ccc(OC(C)C)cc1)Cc1cccnc1. The van der Waals surface area contributed by atoms with Crippen molar-refractivity contribution in [2.75, 3.05) is 11.9 Å². The molecule has 0 saturated carbocycles. The van der Waals surface area contributed by atoms with Crippen LogP contribution in [0, 0.1) is 0 Å². The summed E-state index contributed by atoms with van der Waals surface area (Å²) in [6.07, 6.45) is 3.44. The lowest BCUT2D eigenvalue weighted by molar-refractivity contribution is -0.133. The summed E-state index contributed by atoms with van der Waals surface area (Å²) in [7, 11) is 0. The van der Waals surface area contributed by atoms with Crippen molar-refractivity contribution >= 4 is 17.5 Å². The number of hydrogen-bond donors (Lipinski definition) is 1. The zero-order chi connectivity index (χ0) is 18.2. The molecule has 0 radical (unpaired) electrons. The van der Waals surface area contributed by atoms with Gasteiger partial charge in [-0.15, -0.1) is 0 Å². The lowest BCUT2D eigenvalue weighted by atomic mass is 10.2. The minimum atomic E-state index is -0.253. The molecule has 0 fully saturated rings. The van der Waals surface area contributed by atoms with Gasteiger partial charge in [0.25, 0.3) is 0 Å². The first-order valence-electron chi connectivity index (χ1n) is 8.15. The molecule has 2 aromatic rings. The van der Waals surface area contributed by atoms with Crippen LogP contribution in [0.4, 0.5) is 5.69 Å². The molecule has 25 heavy (non-hydrogen) atoms. The van der Waals surface area contributed by atoms with E-state index in [4.69, 9.17) is 4.74 Å². The maximum Gasteiger partial charge on any atom is 0.244 e. The summed E-state index contributed by atoms with van der Waals surface area (Å²) < 4.78 is 5.57. The molecule has 0 unspecified atom stereocenters. The molecule has 6 nitrogen and oxygen atoms in total. The molecule has 1 aromatic heterocycles. The number of amides is 2. The standard InChI is InChI=1S/C19H23N3O3/c1-14(2)25-18-8-6-17(7-9-18)21-19(24)13-22(15(3)23)12-16-5-4-10-20-11-16/h4-11,14H,12-13H2,1-3H3,(H,21,24). The highest BCUT2D eigenvalue weighted by Gasteiger charge is 2.14. The Kier molecular flexibility index (Phi) is 6.51. The van der Waals surface area contributed by atoms with Gasteiger partial charge in [-0.3, -0.25) is 14.6 Å². The first-order chi connectivity index (χ1) is 11.9. The maximum absolute atomic E-state index is 12.2. The highest BCUT2D eigenvalue weighted by Crippen LogP contribution is 2.17. The summed E-state index contributed by atoms with van der Waals surface area (Å²) in [6.45, 7) is 5.68. The topological polar surface area (TPSA) is 71.5 Å². The Bertz CT molecular complexity index is 700. The number of nitrogens with zero attached hydrogens (tertiary/aromatic N) is 2. The number of rotatable bonds is 7. The van der Waals surface area contributed by atoms with Gasteiger partial charge in [-0.1, -0.05) is 6.07 Å². The number of benzene rings is 1. The molecule has 6 heteroatoms. The Morgan fingerprint density at radius 3 is 2.48 bits per heavy atom. The van der Waals surface area contributed by atoms with Gasteiger partial charge < -0.3 is 15.0 Å². The predicted molar refractivity (Wildman–Crippen MR) is 96.2 cm³/mol. The van der Waals surface area contributed by atoms with Crippen molar-refractivity contribution in [3.8, 4) is 5.75 Å². The molecule has 132 valence electrons. The zero-order valence-corrected chi connectivity index (χ0v) is 14.7. The molecule has 0 bridgehead atoms. The van der Waals surface area contributed by atoms with E-state index < -0.39 is 0 Å². The number of nitrogens with one attached hydrogen (secondary N) is 1. The smallest absolute Gasteiger partial charge is 0.244 e. The Hall–Kier alpha value is -2.89. The lowest BCUT2D eigenvalue weighted by Crippen LogP contribution is -2.36. The van der Waals surface area contributed by atoms with Crippen molar-refractivity contribution < 1.29 is 14.3 Å². The Labute approximate surface area is 147 Å². The van der Waals surface area contributed by atoms with Gasteiger partial charge in [-0.25, -0.2) is 0 Å². The number of carbonyl (C=O) groups excluding carboxylic acids is 2. The molecular formula is C19H23N3O3. The normalized spacial score (nSPS) is 10.4. The minimum Gasteiger partial charge on any atom is -0.491 e. The van der Waals surface area contributed by atoms with E-state index in [-0.39, 0.29) is 24.5 Å². The predicted octanol–water partition coefficient (Wildman–Crippen LogP) is 2.86. The fraction of sp³-hybridized carbons (Fsp3) is 0.316. The summed E-state index contributed by atoms with van der Waals surface area (Å²) in [6, 6.07) is 10.8. The van der Waals surface area contributed by atoms with Gasteiger partial charge in [0.05, 0.1) is 6.10 Å². The van der Waals surface area contributed by atoms with E-state index >= 15 is 0 Å². The number of anilines is 1. The van der Waals surface area contributed by atoms with Crippen molar-refractivity contribution in [1.29, 1.82) is 0 Å². The molecule has 1 aromatic carbocycles.